The number of hydrogen-bond acceptors (Lipinski definition) is 4. The summed E-state index contributed by atoms with van der Waals surface area (Å²) in [5, 5.41) is 3.33. The molecule has 0 aliphatic carbocycles. The number of hydrogen-bond donors (Lipinski definition) is 1. The minimum atomic E-state index is 0.259. The summed E-state index contributed by atoms with van der Waals surface area (Å²) in [6, 6.07) is 3.95. The summed E-state index contributed by atoms with van der Waals surface area (Å²) >= 11 is 0. The van der Waals surface area contributed by atoms with E-state index >= 15 is 0 Å². The standard InChI is InChI=1S/C16H26N4O/c1-19(2)8-9-20(13-15-4-3-6-17-12-15)16(21)10-14-5-7-18-11-14/h3-4,6,12,14,18H,5,7-11,13H2,1-2H3. The molecule has 1 amide bonds. The van der Waals surface area contributed by atoms with E-state index in [0.29, 0.717) is 18.9 Å². The zero-order chi connectivity index (χ0) is 15.1. The van der Waals surface area contributed by atoms with Gasteiger partial charge in [0, 0.05) is 38.4 Å². The van der Waals surface area contributed by atoms with E-state index in [0.717, 1.165) is 38.2 Å². The first-order valence-corrected chi connectivity index (χ1v) is 7.67. The number of carbonyl (C=O) groups excluding carboxylic acids is 1. The van der Waals surface area contributed by atoms with E-state index in [-0.39, 0.29) is 5.91 Å². The number of likely N-dealkylation sites (N-methyl/N-ethyl adjacent to an activating group) is 1. The molecule has 2 rings (SSSR count). The molecule has 0 bridgehead atoms. The van der Waals surface area contributed by atoms with Gasteiger partial charge in [-0.3, -0.25) is 9.78 Å². The number of pyridine rings is 1. The molecule has 1 N–H and O–H groups in total. The maximum atomic E-state index is 12.6. The Morgan fingerprint density at radius 1 is 1.43 bits per heavy atom. The van der Waals surface area contributed by atoms with Crippen molar-refractivity contribution in [1.29, 1.82) is 0 Å². The van der Waals surface area contributed by atoms with Gasteiger partial charge in [0.15, 0.2) is 0 Å². The molecule has 1 unspecified atom stereocenters. The summed E-state index contributed by atoms with van der Waals surface area (Å²) in [6.07, 6.45) is 5.37. The van der Waals surface area contributed by atoms with Gasteiger partial charge >= 0.3 is 0 Å². The highest BCUT2D eigenvalue weighted by Gasteiger charge is 2.22. The average molecular weight is 290 g/mol. The first kappa shape index (κ1) is 15.9. The molecule has 1 aliphatic rings. The highest BCUT2D eigenvalue weighted by Crippen LogP contribution is 2.15. The van der Waals surface area contributed by atoms with Crippen LogP contribution in [0.1, 0.15) is 18.4 Å². The molecule has 0 radical (unpaired) electrons. The van der Waals surface area contributed by atoms with Crippen LogP contribution in [0.2, 0.25) is 0 Å². The fourth-order valence-electron chi connectivity index (χ4n) is 2.59. The second-order valence-corrected chi connectivity index (χ2v) is 6.04. The zero-order valence-corrected chi connectivity index (χ0v) is 13.1. The van der Waals surface area contributed by atoms with Gasteiger partial charge in [-0.05, 0) is 51.2 Å². The molecule has 1 aliphatic heterocycles. The van der Waals surface area contributed by atoms with Crippen LogP contribution in [0, 0.1) is 5.92 Å². The Bertz CT molecular complexity index is 429. The van der Waals surface area contributed by atoms with Gasteiger partial charge in [-0.1, -0.05) is 6.07 Å². The van der Waals surface area contributed by atoms with Crippen LogP contribution < -0.4 is 5.32 Å². The molecule has 0 aromatic carbocycles. The van der Waals surface area contributed by atoms with Gasteiger partial charge in [-0.25, -0.2) is 0 Å². The summed E-state index contributed by atoms with van der Waals surface area (Å²) < 4.78 is 0. The Balaban J connectivity index is 1.94. The summed E-state index contributed by atoms with van der Waals surface area (Å²) in [4.78, 5) is 20.8. The molecule has 1 fully saturated rings. The largest absolute Gasteiger partial charge is 0.337 e. The fraction of sp³-hybridized carbons (Fsp3) is 0.625. The quantitative estimate of drug-likeness (QED) is 0.813. The van der Waals surface area contributed by atoms with E-state index in [1.165, 1.54) is 0 Å². The van der Waals surface area contributed by atoms with E-state index in [2.05, 4.69) is 15.2 Å². The van der Waals surface area contributed by atoms with Crippen LogP contribution in [0.25, 0.3) is 0 Å². The average Bonchev–Trinajstić information content (AvgIpc) is 2.97. The van der Waals surface area contributed by atoms with E-state index in [4.69, 9.17) is 0 Å². The van der Waals surface area contributed by atoms with E-state index < -0.39 is 0 Å². The Morgan fingerprint density at radius 3 is 2.90 bits per heavy atom. The number of nitrogens with one attached hydrogen (secondary N) is 1. The fourth-order valence-corrected chi connectivity index (χ4v) is 2.59. The highest BCUT2D eigenvalue weighted by atomic mass is 16.2. The van der Waals surface area contributed by atoms with Crippen LogP contribution >= 0.6 is 0 Å². The van der Waals surface area contributed by atoms with Crippen molar-refractivity contribution in [2.75, 3.05) is 40.3 Å². The first-order valence-electron chi connectivity index (χ1n) is 7.67. The number of nitrogens with zero attached hydrogens (tertiary/aromatic N) is 3. The maximum absolute atomic E-state index is 12.6. The van der Waals surface area contributed by atoms with Gasteiger partial charge in [0.1, 0.15) is 0 Å². The van der Waals surface area contributed by atoms with Gasteiger partial charge in [-0.2, -0.15) is 0 Å². The van der Waals surface area contributed by atoms with Crippen molar-refractivity contribution in [3.05, 3.63) is 30.1 Å². The van der Waals surface area contributed by atoms with Crippen molar-refractivity contribution < 1.29 is 4.79 Å². The van der Waals surface area contributed by atoms with Crippen molar-refractivity contribution >= 4 is 5.91 Å². The first-order chi connectivity index (χ1) is 10.1. The lowest BCUT2D eigenvalue weighted by molar-refractivity contribution is -0.132. The van der Waals surface area contributed by atoms with Gasteiger partial charge in [-0.15, -0.1) is 0 Å². The number of aromatic nitrogens is 1. The van der Waals surface area contributed by atoms with Crippen molar-refractivity contribution in [3.63, 3.8) is 0 Å². The van der Waals surface area contributed by atoms with Crippen LogP contribution in [0.5, 0.6) is 0 Å². The topological polar surface area (TPSA) is 48.5 Å². The monoisotopic (exact) mass is 290 g/mol. The maximum Gasteiger partial charge on any atom is 0.223 e. The normalized spacial score (nSPS) is 18.1. The SMILES string of the molecule is CN(C)CCN(Cc1cccnc1)C(=O)CC1CCNC1. The molecule has 5 nitrogen and oxygen atoms in total. The minimum absolute atomic E-state index is 0.259. The lowest BCUT2D eigenvalue weighted by Gasteiger charge is -2.25. The lowest BCUT2D eigenvalue weighted by Crippen LogP contribution is -2.37. The molecule has 0 saturated carbocycles. The third kappa shape index (κ3) is 5.44. The predicted molar refractivity (Wildman–Crippen MR) is 83.8 cm³/mol. The van der Waals surface area contributed by atoms with E-state index in [1.807, 2.05) is 37.3 Å². The summed E-state index contributed by atoms with van der Waals surface area (Å²) in [6.45, 7) is 4.31. The van der Waals surface area contributed by atoms with Gasteiger partial charge < -0.3 is 15.1 Å². The van der Waals surface area contributed by atoms with Crippen LogP contribution in [0.4, 0.5) is 0 Å². The molecule has 5 heteroatoms. The molecule has 21 heavy (non-hydrogen) atoms. The van der Waals surface area contributed by atoms with Crippen molar-refractivity contribution in [3.8, 4) is 0 Å². The summed E-state index contributed by atoms with van der Waals surface area (Å²) in [5.41, 5.74) is 1.09. The smallest absolute Gasteiger partial charge is 0.223 e. The van der Waals surface area contributed by atoms with Crippen molar-refractivity contribution in [2.24, 2.45) is 5.92 Å². The Labute approximate surface area is 127 Å². The number of carbonyl (C=O) groups is 1. The van der Waals surface area contributed by atoms with Crippen LogP contribution in [0.3, 0.4) is 0 Å². The van der Waals surface area contributed by atoms with Crippen LogP contribution in [0.15, 0.2) is 24.5 Å². The summed E-state index contributed by atoms with van der Waals surface area (Å²) in [5.74, 6) is 0.752. The van der Waals surface area contributed by atoms with Gasteiger partial charge in [0.25, 0.3) is 0 Å². The van der Waals surface area contributed by atoms with Crippen molar-refractivity contribution in [2.45, 2.75) is 19.4 Å². The molecular weight excluding hydrogens is 264 g/mol. The van der Waals surface area contributed by atoms with Gasteiger partial charge in [0.05, 0.1) is 0 Å². The van der Waals surface area contributed by atoms with Crippen LogP contribution in [-0.4, -0.2) is 61.0 Å². The minimum Gasteiger partial charge on any atom is -0.337 e. The number of rotatable bonds is 7. The molecule has 0 spiro atoms. The zero-order valence-electron chi connectivity index (χ0n) is 13.1. The predicted octanol–water partition coefficient (Wildman–Crippen LogP) is 0.971. The second kappa shape index (κ2) is 8.10. The van der Waals surface area contributed by atoms with Crippen LogP contribution in [-0.2, 0) is 11.3 Å². The Morgan fingerprint density at radius 2 is 2.29 bits per heavy atom. The third-order valence-electron chi connectivity index (χ3n) is 3.89. The molecule has 1 aromatic heterocycles. The van der Waals surface area contributed by atoms with E-state index in [1.54, 1.807) is 6.20 Å². The third-order valence-corrected chi connectivity index (χ3v) is 3.89. The number of amides is 1. The highest BCUT2D eigenvalue weighted by molar-refractivity contribution is 5.76. The molecular formula is C16H26N4O. The lowest BCUT2D eigenvalue weighted by atomic mass is 10.0. The molecule has 2 heterocycles. The molecule has 116 valence electrons. The molecule has 1 atom stereocenters. The Kier molecular flexibility index (Phi) is 6.14. The Hall–Kier alpha value is -1.46. The second-order valence-electron chi connectivity index (χ2n) is 6.04. The molecule has 1 aromatic rings. The summed E-state index contributed by atoms with van der Waals surface area (Å²) in [7, 11) is 4.07. The molecule has 1 saturated heterocycles. The van der Waals surface area contributed by atoms with Gasteiger partial charge in [0.2, 0.25) is 5.91 Å². The van der Waals surface area contributed by atoms with Crippen molar-refractivity contribution in [1.82, 2.24) is 20.1 Å². The van der Waals surface area contributed by atoms with E-state index in [9.17, 15) is 4.79 Å².